The van der Waals surface area contributed by atoms with Gasteiger partial charge in [0.15, 0.2) is 6.61 Å². The highest BCUT2D eigenvalue weighted by molar-refractivity contribution is 5.80. The molecule has 1 aromatic carbocycles. The first kappa shape index (κ1) is 15.8. The van der Waals surface area contributed by atoms with Crippen LogP contribution in [0.4, 0.5) is 0 Å². The van der Waals surface area contributed by atoms with Crippen molar-refractivity contribution in [2.45, 2.75) is 38.1 Å². The summed E-state index contributed by atoms with van der Waals surface area (Å²) in [6.45, 7) is 1.45. The highest BCUT2D eigenvalue weighted by Crippen LogP contribution is 2.26. The average Bonchev–Trinajstić information content (AvgIpc) is 2.52. The topological polar surface area (TPSA) is 58.6 Å². The first-order valence-electron chi connectivity index (χ1n) is 8.48. The van der Waals surface area contributed by atoms with E-state index in [1.165, 1.54) is 6.42 Å². The molecule has 0 unspecified atom stereocenters. The predicted octanol–water partition coefficient (Wildman–Crippen LogP) is 1.97. The largest absolute Gasteiger partial charge is 0.484 e. The number of nitrogens with one attached hydrogen (secondary N) is 1. The van der Waals surface area contributed by atoms with Gasteiger partial charge in [0, 0.05) is 25.0 Å². The lowest BCUT2D eigenvalue weighted by Crippen LogP contribution is -2.49. The molecule has 1 saturated heterocycles. The van der Waals surface area contributed by atoms with Crippen molar-refractivity contribution in [1.82, 2.24) is 10.2 Å². The first-order chi connectivity index (χ1) is 11.2. The molecule has 0 atom stereocenters. The molecule has 0 bridgehead atoms. The SMILES string of the molecule is O=C(NC1CCN(C(=O)COc2ccccc2)CC1)C1CCC1. The summed E-state index contributed by atoms with van der Waals surface area (Å²) < 4.78 is 5.51. The van der Waals surface area contributed by atoms with E-state index >= 15 is 0 Å². The van der Waals surface area contributed by atoms with E-state index in [-0.39, 0.29) is 30.4 Å². The molecule has 1 aliphatic heterocycles. The van der Waals surface area contributed by atoms with Crippen molar-refractivity contribution in [3.63, 3.8) is 0 Å². The van der Waals surface area contributed by atoms with Crippen LogP contribution in [0.2, 0.25) is 0 Å². The van der Waals surface area contributed by atoms with E-state index in [2.05, 4.69) is 5.32 Å². The maximum absolute atomic E-state index is 12.2. The summed E-state index contributed by atoms with van der Waals surface area (Å²) in [6, 6.07) is 9.58. The molecule has 2 aliphatic rings. The summed E-state index contributed by atoms with van der Waals surface area (Å²) in [4.78, 5) is 26.0. The Hall–Kier alpha value is -2.04. The lowest BCUT2D eigenvalue weighted by Gasteiger charge is -2.34. The summed E-state index contributed by atoms with van der Waals surface area (Å²) in [5.74, 6) is 1.16. The Bertz CT molecular complexity index is 534. The second-order valence-electron chi connectivity index (χ2n) is 6.39. The Morgan fingerprint density at radius 2 is 1.78 bits per heavy atom. The lowest BCUT2D eigenvalue weighted by molar-refractivity contribution is -0.134. The van der Waals surface area contributed by atoms with Crippen LogP contribution in [0.1, 0.15) is 32.1 Å². The van der Waals surface area contributed by atoms with Crippen molar-refractivity contribution < 1.29 is 14.3 Å². The zero-order valence-corrected chi connectivity index (χ0v) is 13.4. The van der Waals surface area contributed by atoms with Crippen LogP contribution in [-0.4, -0.2) is 42.5 Å². The number of carbonyl (C=O) groups excluding carboxylic acids is 2. The van der Waals surface area contributed by atoms with E-state index in [4.69, 9.17) is 4.74 Å². The van der Waals surface area contributed by atoms with Crippen LogP contribution >= 0.6 is 0 Å². The van der Waals surface area contributed by atoms with E-state index in [0.717, 1.165) is 25.7 Å². The minimum absolute atomic E-state index is 0.0117. The molecule has 1 N–H and O–H groups in total. The van der Waals surface area contributed by atoms with Gasteiger partial charge in [-0.2, -0.15) is 0 Å². The van der Waals surface area contributed by atoms with Crippen LogP contribution in [-0.2, 0) is 9.59 Å². The van der Waals surface area contributed by atoms with Crippen molar-refractivity contribution >= 4 is 11.8 Å². The van der Waals surface area contributed by atoms with E-state index in [1.54, 1.807) is 0 Å². The predicted molar refractivity (Wildman–Crippen MR) is 87.0 cm³/mol. The maximum Gasteiger partial charge on any atom is 0.260 e. The van der Waals surface area contributed by atoms with Crippen LogP contribution in [0.3, 0.4) is 0 Å². The van der Waals surface area contributed by atoms with Gasteiger partial charge in [-0.3, -0.25) is 9.59 Å². The molecule has 3 rings (SSSR count). The fraction of sp³-hybridized carbons (Fsp3) is 0.556. The van der Waals surface area contributed by atoms with E-state index < -0.39 is 0 Å². The van der Waals surface area contributed by atoms with Gasteiger partial charge in [0.05, 0.1) is 0 Å². The van der Waals surface area contributed by atoms with Crippen LogP contribution < -0.4 is 10.1 Å². The van der Waals surface area contributed by atoms with Crippen LogP contribution in [0, 0.1) is 5.92 Å². The summed E-state index contributed by atoms with van der Waals surface area (Å²) in [6.07, 6.45) is 4.89. The standard InChI is InChI=1S/C18H24N2O3/c21-17(13-23-16-7-2-1-3-8-16)20-11-9-15(10-12-20)19-18(22)14-5-4-6-14/h1-3,7-8,14-15H,4-6,9-13H2,(H,19,22). The summed E-state index contributed by atoms with van der Waals surface area (Å²) in [7, 11) is 0. The van der Waals surface area contributed by atoms with E-state index in [1.807, 2.05) is 35.2 Å². The van der Waals surface area contributed by atoms with Gasteiger partial charge in [-0.1, -0.05) is 24.6 Å². The van der Waals surface area contributed by atoms with Gasteiger partial charge >= 0.3 is 0 Å². The Kier molecular flexibility index (Phi) is 5.16. The number of likely N-dealkylation sites (tertiary alicyclic amines) is 1. The molecule has 1 heterocycles. The van der Waals surface area contributed by atoms with Crippen LogP contribution in [0.15, 0.2) is 30.3 Å². The second-order valence-corrected chi connectivity index (χ2v) is 6.39. The Morgan fingerprint density at radius 1 is 1.09 bits per heavy atom. The van der Waals surface area contributed by atoms with Crippen LogP contribution in [0.25, 0.3) is 0 Å². The molecule has 2 fully saturated rings. The van der Waals surface area contributed by atoms with Crippen molar-refractivity contribution in [3.8, 4) is 5.75 Å². The molecular formula is C18H24N2O3. The minimum atomic E-state index is 0.0117. The number of rotatable bonds is 5. The van der Waals surface area contributed by atoms with Gasteiger partial charge in [0.1, 0.15) is 5.75 Å². The van der Waals surface area contributed by atoms with Gasteiger partial charge < -0.3 is 15.0 Å². The minimum Gasteiger partial charge on any atom is -0.484 e. The van der Waals surface area contributed by atoms with Gasteiger partial charge in [0.2, 0.25) is 5.91 Å². The zero-order valence-electron chi connectivity index (χ0n) is 13.4. The Balaban J connectivity index is 1.38. The van der Waals surface area contributed by atoms with Crippen LogP contribution in [0.5, 0.6) is 5.75 Å². The van der Waals surface area contributed by atoms with Crippen molar-refractivity contribution in [2.24, 2.45) is 5.92 Å². The summed E-state index contributed by atoms with van der Waals surface area (Å²) in [5, 5.41) is 3.13. The highest BCUT2D eigenvalue weighted by Gasteiger charge is 2.29. The number of hydrogen-bond donors (Lipinski definition) is 1. The molecular weight excluding hydrogens is 292 g/mol. The fourth-order valence-electron chi connectivity index (χ4n) is 3.02. The van der Waals surface area contributed by atoms with Crippen molar-refractivity contribution in [3.05, 3.63) is 30.3 Å². The number of nitrogens with zero attached hydrogens (tertiary/aromatic N) is 1. The fourth-order valence-corrected chi connectivity index (χ4v) is 3.02. The molecule has 5 heteroatoms. The van der Waals surface area contributed by atoms with Crippen molar-refractivity contribution in [1.29, 1.82) is 0 Å². The molecule has 1 aromatic rings. The normalized spacial score (nSPS) is 19.0. The Morgan fingerprint density at radius 3 is 2.39 bits per heavy atom. The third-order valence-electron chi connectivity index (χ3n) is 4.78. The molecule has 5 nitrogen and oxygen atoms in total. The Labute approximate surface area is 137 Å². The monoisotopic (exact) mass is 316 g/mol. The number of benzene rings is 1. The maximum atomic E-state index is 12.2. The van der Waals surface area contributed by atoms with Gasteiger partial charge in [-0.15, -0.1) is 0 Å². The van der Waals surface area contributed by atoms with E-state index in [0.29, 0.717) is 18.8 Å². The molecule has 124 valence electrons. The summed E-state index contributed by atoms with van der Waals surface area (Å²) >= 11 is 0. The molecule has 0 spiro atoms. The van der Waals surface area contributed by atoms with Crippen molar-refractivity contribution in [2.75, 3.05) is 19.7 Å². The molecule has 23 heavy (non-hydrogen) atoms. The van der Waals surface area contributed by atoms with E-state index in [9.17, 15) is 9.59 Å². The molecule has 2 amide bonds. The molecule has 0 radical (unpaired) electrons. The van der Waals surface area contributed by atoms with Gasteiger partial charge in [-0.25, -0.2) is 0 Å². The number of para-hydroxylation sites is 1. The highest BCUT2D eigenvalue weighted by atomic mass is 16.5. The van der Waals surface area contributed by atoms with Gasteiger partial charge in [0.25, 0.3) is 5.91 Å². The number of carbonyl (C=O) groups is 2. The smallest absolute Gasteiger partial charge is 0.260 e. The quantitative estimate of drug-likeness (QED) is 0.903. The average molecular weight is 316 g/mol. The molecule has 1 aliphatic carbocycles. The molecule has 0 aromatic heterocycles. The molecule has 1 saturated carbocycles. The number of piperidine rings is 1. The third kappa shape index (κ3) is 4.24. The zero-order chi connectivity index (χ0) is 16.1. The number of hydrogen-bond acceptors (Lipinski definition) is 3. The second kappa shape index (κ2) is 7.49. The number of amides is 2. The third-order valence-corrected chi connectivity index (χ3v) is 4.78. The van der Waals surface area contributed by atoms with Gasteiger partial charge in [-0.05, 0) is 37.8 Å². The first-order valence-corrected chi connectivity index (χ1v) is 8.48. The number of ether oxygens (including phenoxy) is 1. The summed E-state index contributed by atoms with van der Waals surface area (Å²) in [5.41, 5.74) is 0. The lowest BCUT2D eigenvalue weighted by atomic mass is 9.84.